The van der Waals surface area contributed by atoms with Crippen LogP contribution in [0.15, 0.2) is 0 Å². The van der Waals surface area contributed by atoms with Gasteiger partial charge in [-0.2, -0.15) is 0 Å². The molecule has 1 atom stereocenters. The zero-order valence-corrected chi connectivity index (χ0v) is 10.1. The Bertz CT molecular complexity index is 219. The summed E-state index contributed by atoms with van der Waals surface area (Å²) in [6.07, 6.45) is 1.37. The van der Waals surface area contributed by atoms with Gasteiger partial charge in [0.1, 0.15) is 5.78 Å². The fraction of sp³-hybridized carbons (Fsp3) is 0.833. The van der Waals surface area contributed by atoms with Gasteiger partial charge in [0.25, 0.3) is 0 Å². The fourth-order valence-corrected chi connectivity index (χ4v) is 1.71. The number of ketones is 1. The molecule has 0 aromatic rings. The predicted molar refractivity (Wildman–Crippen MR) is 59.7 cm³/mol. The van der Waals surface area contributed by atoms with Gasteiger partial charge in [-0.25, -0.2) is 0 Å². The first kappa shape index (κ1) is 14.1. The first-order chi connectivity index (χ1) is 6.84. The molecule has 0 aliphatic heterocycles. The van der Waals surface area contributed by atoms with Gasteiger partial charge >= 0.3 is 5.97 Å². The molecule has 0 amide bonds. The molecule has 0 aromatic carbocycles. The number of rotatable bonds is 7. The van der Waals surface area contributed by atoms with Crippen molar-refractivity contribution in [2.24, 2.45) is 17.8 Å². The average molecular weight is 214 g/mol. The van der Waals surface area contributed by atoms with Crippen LogP contribution in [-0.2, 0) is 9.59 Å². The number of aliphatic carboxylic acids is 1. The van der Waals surface area contributed by atoms with E-state index in [1.54, 1.807) is 0 Å². The Morgan fingerprint density at radius 1 is 1.13 bits per heavy atom. The van der Waals surface area contributed by atoms with Gasteiger partial charge in [0, 0.05) is 18.3 Å². The van der Waals surface area contributed by atoms with Crippen molar-refractivity contribution < 1.29 is 14.7 Å². The lowest BCUT2D eigenvalue weighted by atomic mass is 9.85. The second-order valence-electron chi connectivity index (χ2n) is 4.82. The number of hydrogen-bond donors (Lipinski definition) is 1. The first-order valence-corrected chi connectivity index (χ1v) is 5.60. The van der Waals surface area contributed by atoms with Crippen LogP contribution in [0.2, 0.25) is 0 Å². The van der Waals surface area contributed by atoms with Crippen LogP contribution in [0.25, 0.3) is 0 Å². The lowest BCUT2D eigenvalue weighted by Gasteiger charge is -2.18. The minimum Gasteiger partial charge on any atom is -0.481 e. The molecule has 3 heteroatoms. The van der Waals surface area contributed by atoms with E-state index in [1.807, 2.05) is 13.8 Å². The Labute approximate surface area is 91.9 Å². The van der Waals surface area contributed by atoms with Gasteiger partial charge in [-0.05, 0) is 18.8 Å². The molecule has 0 heterocycles. The monoisotopic (exact) mass is 214 g/mol. The lowest BCUT2D eigenvalue weighted by molar-refractivity contribution is -0.137. The highest BCUT2D eigenvalue weighted by Crippen LogP contribution is 2.21. The third-order valence-electron chi connectivity index (χ3n) is 2.43. The summed E-state index contributed by atoms with van der Waals surface area (Å²) in [5.74, 6) is -0.264. The van der Waals surface area contributed by atoms with Crippen molar-refractivity contribution in [2.45, 2.75) is 47.0 Å². The average Bonchev–Trinajstić information content (AvgIpc) is 2.10. The van der Waals surface area contributed by atoms with Crippen LogP contribution in [-0.4, -0.2) is 16.9 Å². The minimum atomic E-state index is -0.819. The first-order valence-electron chi connectivity index (χ1n) is 5.60. The van der Waals surface area contributed by atoms with Crippen molar-refractivity contribution in [1.82, 2.24) is 0 Å². The van der Waals surface area contributed by atoms with Gasteiger partial charge in [-0.15, -0.1) is 0 Å². The van der Waals surface area contributed by atoms with E-state index in [4.69, 9.17) is 5.11 Å². The summed E-state index contributed by atoms with van der Waals surface area (Å²) >= 11 is 0. The molecule has 0 aliphatic carbocycles. The molecule has 0 saturated heterocycles. The van der Waals surface area contributed by atoms with Crippen LogP contribution in [0.4, 0.5) is 0 Å². The van der Waals surface area contributed by atoms with Crippen LogP contribution < -0.4 is 0 Å². The molecule has 0 fully saturated rings. The summed E-state index contributed by atoms with van der Waals surface area (Å²) in [6.45, 7) is 7.86. The number of carbonyl (C=O) groups excluding carboxylic acids is 1. The fourth-order valence-electron chi connectivity index (χ4n) is 1.71. The molecule has 0 rings (SSSR count). The lowest BCUT2D eigenvalue weighted by Crippen LogP contribution is -2.22. The zero-order valence-electron chi connectivity index (χ0n) is 10.1. The van der Waals surface area contributed by atoms with Crippen LogP contribution in [0.1, 0.15) is 47.0 Å². The van der Waals surface area contributed by atoms with E-state index in [1.165, 1.54) is 0 Å². The smallest absolute Gasteiger partial charge is 0.303 e. The van der Waals surface area contributed by atoms with E-state index in [0.717, 1.165) is 6.42 Å². The Hall–Kier alpha value is -0.860. The molecule has 0 aliphatic rings. The molecule has 1 N–H and O–H groups in total. The summed E-state index contributed by atoms with van der Waals surface area (Å²) in [5.41, 5.74) is 0. The Balaban J connectivity index is 4.30. The summed E-state index contributed by atoms with van der Waals surface area (Å²) in [7, 11) is 0. The molecule has 0 saturated carbocycles. The van der Waals surface area contributed by atoms with E-state index in [-0.39, 0.29) is 24.0 Å². The topological polar surface area (TPSA) is 54.4 Å². The van der Waals surface area contributed by atoms with Crippen molar-refractivity contribution in [3.05, 3.63) is 0 Å². The van der Waals surface area contributed by atoms with Crippen molar-refractivity contribution in [2.75, 3.05) is 0 Å². The van der Waals surface area contributed by atoms with E-state index in [2.05, 4.69) is 13.8 Å². The van der Waals surface area contributed by atoms with E-state index in [0.29, 0.717) is 12.3 Å². The highest BCUT2D eigenvalue weighted by molar-refractivity contribution is 5.83. The Morgan fingerprint density at radius 3 is 2.00 bits per heavy atom. The van der Waals surface area contributed by atoms with Crippen molar-refractivity contribution in [1.29, 1.82) is 0 Å². The molecule has 88 valence electrons. The zero-order chi connectivity index (χ0) is 12.0. The van der Waals surface area contributed by atoms with Crippen molar-refractivity contribution in [3.8, 4) is 0 Å². The van der Waals surface area contributed by atoms with E-state index < -0.39 is 5.97 Å². The van der Waals surface area contributed by atoms with Crippen LogP contribution in [0.5, 0.6) is 0 Å². The van der Waals surface area contributed by atoms with Gasteiger partial charge < -0.3 is 5.11 Å². The summed E-state index contributed by atoms with van der Waals surface area (Å²) in [6, 6.07) is 0. The Morgan fingerprint density at radius 2 is 1.67 bits per heavy atom. The second-order valence-corrected chi connectivity index (χ2v) is 4.82. The van der Waals surface area contributed by atoms with Gasteiger partial charge in [0.15, 0.2) is 0 Å². The number of carboxylic acids is 1. The summed E-state index contributed by atoms with van der Waals surface area (Å²) in [4.78, 5) is 22.3. The van der Waals surface area contributed by atoms with Gasteiger partial charge in [-0.3, -0.25) is 9.59 Å². The normalized spacial score (nSPS) is 13.2. The Kier molecular flexibility index (Phi) is 6.21. The van der Waals surface area contributed by atoms with Gasteiger partial charge in [0.2, 0.25) is 0 Å². The van der Waals surface area contributed by atoms with Gasteiger partial charge in [-0.1, -0.05) is 27.7 Å². The number of hydrogen-bond acceptors (Lipinski definition) is 2. The third kappa shape index (κ3) is 6.26. The third-order valence-corrected chi connectivity index (χ3v) is 2.43. The predicted octanol–water partition coefficient (Wildman–Crippen LogP) is 2.74. The molecule has 0 radical (unpaired) electrons. The summed E-state index contributed by atoms with van der Waals surface area (Å²) in [5, 5.41) is 8.61. The highest BCUT2D eigenvalue weighted by atomic mass is 16.4. The maximum absolute atomic E-state index is 11.8. The van der Waals surface area contributed by atoms with Crippen molar-refractivity contribution >= 4 is 11.8 Å². The SMILES string of the molecule is CC(C)C[C@@H](CCC(=O)O)C(=O)C(C)C. The summed E-state index contributed by atoms with van der Waals surface area (Å²) < 4.78 is 0. The number of carbonyl (C=O) groups is 2. The second kappa shape index (κ2) is 6.59. The van der Waals surface area contributed by atoms with Crippen molar-refractivity contribution in [3.63, 3.8) is 0 Å². The van der Waals surface area contributed by atoms with Gasteiger partial charge in [0.05, 0.1) is 0 Å². The molecule has 15 heavy (non-hydrogen) atoms. The van der Waals surface area contributed by atoms with Crippen LogP contribution in [0.3, 0.4) is 0 Å². The van der Waals surface area contributed by atoms with E-state index in [9.17, 15) is 9.59 Å². The maximum Gasteiger partial charge on any atom is 0.303 e. The van der Waals surface area contributed by atoms with Crippen LogP contribution >= 0.6 is 0 Å². The maximum atomic E-state index is 11.8. The molecule has 0 spiro atoms. The molecule has 0 bridgehead atoms. The standard InChI is InChI=1S/C12H22O3/c1-8(2)7-10(5-6-11(13)14)12(15)9(3)4/h8-10H,5-7H2,1-4H3,(H,13,14)/t10-/m1/s1. The quantitative estimate of drug-likeness (QED) is 0.709. The van der Waals surface area contributed by atoms with E-state index >= 15 is 0 Å². The minimum absolute atomic E-state index is 0.00236. The number of carboxylic acid groups (broad SMARTS) is 1. The molecule has 3 nitrogen and oxygen atoms in total. The van der Waals surface area contributed by atoms with Crippen LogP contribution in [0, 0.1) is 17.8 Å². The number of Topliss-reactive ketones (excluding diaryl/α,β-unsaturated/α-hetero) is 1. The molecular formula is C12H22O3. The molecular weight excluding hydrogens is 192 g/mol. The molecule has 0 unspecified atom stereocenters. The largest absolute Gasteiger partial charge is 0.481 e. The molecule has 0 aromatic heterocycles. The highest BCUT2D eigenvalue weighted by Gasteiger charge is 2.22.